The molecule has 0 saturated heterocycles. The number of rotatable bonds is 11. The molecule has 3 rings (SSSR count). The highest BCUT2D eigenvalue weighted by Gasteiger charge is 2.22. The Morgan fingerprint density at radius 3 is 2.51 bits per heavy atom. The summed E-state index contributed by atoms with van der Waals surface area (Å²) < 4.78 is 11.1. The van der Waals surface area contributed by atoms with E-state index in [0.717, 1.165) is 9.80 Å². The number of imide groups is 1. The molecule has 0 aliphatic heterocycles. The van der Waals surface area contributed by atoms with Gasteiger partial charge in [-0.1, -0.05) is 11.6 Å². The molecule has 2 aromatic heterocycles. The highest BCUT2D eigenvalue weighted by molar-refractivity contribution is 7.98. The van der Waals surface area contributed by atoms with Gasteiger partial charge in [0, 0.05) is 23.8 Å². The minimum atomic E-state index is -0.750. The fourth-order valence-electron chi connectivity index (χ4n) is 3.36. The normalized spacial score (nSPS) is 10.9. The van der Waals surface area contributed by atoms with Crippen LogP contribution in [0.15, 0.2) is 59.8 Å². The minimum Gasteiger partial charge on any atom is -0.493 e. The third-order valence-electron chi connectivity index (χ3n) is 5.23. The number of nitrogens with zero attached hydrogens (tertiary/aromatic N) is 3. The lowest BCUT2D eigenvalue weighted by atomic mass is 10.1. The monoisotopic (exact) mass is 599 g/mol. The van der Waals surface area contributed by atoms with Crippen LogP contribution in [0.25, 0.3) is 0 Å². The van der Waals surface area contributed by atoms with Crippen molar-refractivity contribution in [3.63, 3.8) is 0 Å². The van der Waals surface area contributed by atoms with Crippen molar-refractivity contribution in [2.24, 2.45) is 0 Å². The number of amides is 4. The second-order valence-corrected chi connectivity index (χ2v) is 10.8. The maximum atomic E-state index is 13.3. The van der Waals surface area contributed by atoms with Gasteiger partial charge in [0.05, 0.1) is 22.9 Å². The van der Waals surface area contributed by atoms with Crippen molar-refractivity contribution >= 4 is 59.2 Å². The van der Waals surface area contributed by atoms with Crippen molar-refractivity contribution in [3.8, 4) is 5.75 Å². The number of benzene rings is 1. The zero-order chi connectivity index (χ0) is 30.0. The number of thioether (sulfide) groups is 1. The summed E-state index contributed by atoms with van der Waals surface area (Å²) in [6.07, 6.45) is 4.67. The zero-order valence-corrected chi connectivity index (χ0v) is 24.5. The van der Waals surface area contributed by atoms with Crippen molar-refractivity contribution < 1.29 is 28.7 Å². The van der Waals surface area contributed by atoms with Crippen LogP contribution in [0.1, 0.15) is 48.0 Å². The van der Waals surface area contributed by atoms with Crippen LogP contribution in [0, 0.1) is 0 Å². The van der Waals surface area contributed by atoms with Crippen molar-refractivity contribution in [3.05, 3.63) is 71.1 Å². The summed E-state index contributed by atoms with van der Waals surface area (Å²) in [5, 5.41) is 5.77. The SMILES string of the molecule is CSc1ccc(C(=O)Nc2cccnc2C(=O)Nc2ccc(Cl)cn2)c(OCCCN(C=O)C(=O)OC(C)(C)C)c1. The average molecular weight is 600 g/mol. The maximum absolute atomic E-state index is 13.3. The highest BCUT2D eigenvalue weighted by atomic mass is 35.5. The third kappa shape index (κ3) is 9.47. The maximum Gasteiger partial charge on any atom is 0.416 e. The Kier molecular flexibility index (Phi) is 11.1. The number of halogens is 1. The first-order valence-electron chi connectivity index (χ1n) is 12.5. The summed E-state index contributed by atoms with van der Waals surface area (Å²) in [4.78, 5) is 59.7. The van der Waals surface area contributed by atoms with Crippen LogP contribution in [0.2, 0.25) is 5.02 Å². The molecular formula is C28H30ClN5O6S. The molecule has 0 bridgehead atoms. The molecule has 0 fully saturated rings. The van der Waals surface area contributed by atoms with Crippen LogP contribution in [-0.4, -0.2) is 64.2 Å². The van der Waals surface area contributed by atoms with E-state index in [1.165, 1.54) is 24.2 Å². The third-order valence-corrected chi connectivity index (χ3v) is 6.18. The van der Waals surface area contributed by atoms with E-state index in [-0.39, 0.29) is 35.9 Å². The Labute approximate surface area is 247 Å². The standard InChI is InChI=1S/C28H30ClN5O6S/c1-28(2,3)40-27(38)34(17-35)13-6-14-39-22-15-19(41-4)9-10-20(22)25(36)32-21-7-5-12-30-24(21)26(37)33-23-11-8-18(29)16-31-23/h5,7-12,15-17H,6,13-14H2,1-4H3,(H,32,36)(H,31,33,37). The van der Waals surface area contributed by atoms with E-state index >= 15 is 0 Å². The Bertz CT molecular complexity index is 1400. The first-order valence-corrected chi connectivity index (χ1v) is 14.1. The number of pyridine rings is 2. The molecule has 2 N–H and O–H groups in total. The van der Waals surface area contributed by atoms with E-state index in [2.05, 4.69) is 20.6 Å². The van der Waals surface area contributed by atoms with Crippen molar-refractivity contribution in [1.29, 1.82) is 0 Å². The van der Waals surface area contributed by atoms with E-state index in [0.29, 0.717) is 23.6 Å². The molecule has 216 valence electrons. The van der Waals surface area contributed by atoms with Crippen LogP contribution in [0.4, 0.5) is 16.3 Å². The van der Waals surface area contributed by atoms with Gasteiger partial charge in [0.25, 0.3) is 11.8 Å². The van der Waals surface area contributed by atoms with Crippen molar-refractivity contribution in [1.82, 2.24) is 14.9 Å². The van der Waals surface area contributed by atoms with Crippen LogP contribution < -0.4 is 15.4 Å². The summed E-state index contributed by atoms with van der Waals surface area (Å²) in [5.41, 5.74) is -0.354. The molecule has 0 saturated carbocycles. The van der Waals surface area contributed by atoms with Gasteiger partial charge in [-0.25, -0.2) is 19.7 Å². The lowest BCUT2D eigenvalue weighted by molar-refractivity contribution is -0.117. The van der Waals surface area contributed by atoms with Crippen molar-refractivity contribution in [2.45, 2.75) is 37.7 Å². The quantitative estimate of drug-likeness (QED) is 0.166. The molecule has 0 aliphatic carbocycles. The highest BCUT2D eigenvalue weighted by Crippen LogP contribution is 2.27. The smallest absolute Gasteiger partial charge is 0.416 e. The number of hydrogen-bond acceptors (Lipinski definition) is 9. The summed E-state index contributed by atoms with van der Waals surface area (Å²) in [6.45, 7) is 5.30. The molecule has 0 aliphatic rings. The van der Waals surface area contributed by atoms with Crippen LogP contribution in [-0.2, 0) is 9.53 Å². The number of anilines is 2. The molecule has 13 heteroatoms. The average Bonchev–Trinajstić information content (AvgIpc) is 2.93. The fourth-order valence-corrected chi connectivity index (χ4v) is 3.90. The van der Waals surface area contributed by atoms with Crippen LogP contribution in [0.5, 0.6) is 5.75 Å². The number of aromatic nitrogens is 2. The number of carbonyl (C=O) groups is 4. The molecule has 0 unspecified atom stereocenters. The number of nitrogens with one attached hydrogen (secondary N) is 2. The number of ether oxygens (including phenoxy) is 2. The van der Waals surface area contributed by atoms with Gasteiger partial charge in [0.1, 0.15) is 17.2 Å². The van der Waals surface area contributed by atoms with E-state index in [1.54, 1.807) is 63.2 Å². The van der Waals surface area contributed by atoms with Gasteiger partial charge in [0.2, 0.25) is 6.41 Å². The molecule has 3 aromatic rings. The predicted octanol–water partition coefficient (Wildman–Crippen LogP) is 5.52. The van der Waals surface area contributed by atoms with Gasteiger partial charge in [-0.05, 0) is 75.9 Å². The molecule has 0 atom stereocenters. The van der Waals surface area contributed by atoms with Gasteiger partial charge < -0.3 is 20.1 Å². The van der Waals surface area contributed by atoms with Crippen LogP contribution >= 0.6 is 23.4 Å². The summed E-state index contributed by atoms with van der Waals surface area (Å²) in [5.74, 6) is -0.535. The Balaban J connectivity index is 1.70. The van der Waals surface area contributed by atoms with Crippen molar-refractivity contribution in [2.75, 3.05) is 30.0 Å². The predicted molar refractivity (Wildman–Crippen MR) is 157 cm³/mol. The molecule has 4 amide bonds. The molecule has 11 nitrogen and oxygen atoms in total. The summed E-state index contributed by atoms with van der Waals surface area (Å²) in [6, 6.07) is 11.4. The first kappa shape index (κ1) is 31.4. The van der Waals surface area contributed by atoms with E-state index in [1.807, 2.05) is 6.26 Å². The molecule has 1 aromatic carbocycles. The zero-order valence-electron chi connectivity index (χ0n) is 23.0. The summed E-state index contributed by atoms with van der Waals surface area (Å²) >= 11 is 7.32. The Morgan fingerprint density at radius 1 is 1.07 bits per heavy atom. The molecule has 0 radical (unpaired) electrons. The van der Waals surface area contributed by atoms with Gasteiger partial charge in [-0.15, -0.1) is 11.8 Å². The van der Waals surface area contributed by atoms with Crippen LogP contribution in [0.3, 0.4) is 0 Å². The molecular weight excluding hydrogens is 570 g/mol. The fraction of sp³-hybridized carbons (Fsp3) is 0.286. The number of hydrogen-bond donors (Lipinski definition) is 2. The van der Waals surface area contributed by atoms with E-state index in [4.69, 9.17) is 21.1 Å². The van der Waals surface area contributed by atoms with Gasteiger partial charge in [0.15, 0.2) is 5.69 Å². The molecule has 0 spiro atoms. The largest absolute Gasteiger partial charge is 0.493 e. The lowest BCUT2D eigenvalue weighted by Crippen LogP contribution is -2.36. The summed E-state index contributed by atoms with van der Waals surface area (Å²) in [7, 11) is 0. The van der Waals surface area contributed by atoms with E-state index < -0.39 is 23.5 Å². The van der Waals surface area contributed by atoms with E-state index in [9.17, 15) is 19.2 Å². The molecule has 2 heterocycles. The Hall–Kier alpha value is -4.16. The number of carbonyl (C=O) groups excluding carboxylic acids is 4. The second kappa shape index (κ2) is 14.5. The van der Waals surface area contributed by atoms with Gasteiger partial charge in [-0.2, -0.15) is 0 Å². The second-order valence-electron chi connectivity index (χ2n) is 9.51. The van der Waals surface area contributed by atoms with Gasteiger partial charge >= 0.3 is 6.09 Å². The molecule has 41 heavy (non-hydrogen) atoms. The van der Waals surface area contributed by atoms with Gasteiger partial charge in [-0.3, -0.25) is 14.4 Å². The first-order chi connectivity index (χ1) is 19.5. The lowest BCUT2D eigenvalue weighted by Gasteiger charge is -2.23. The minimum absolute atomic E-state index is 0.0168. The topological polar surface area (TPSA) is 140 Å². The Morgan fingerprint density at radius 2 is 1.85 bits per heavy atom.